The van der Waals surface area contributed by atoms with Gasteiger partial charge in [-0.05, 0) is 24.1 Å². The Morgan fingerprint density at radius 2 is 1.95 bits per heavy atom. The van der Waals surface area contributed by atoms with Crippen molar-refractivity contribution in [1.29, 1.82) is 0 Å². The van der Waals surface area contributed by atoms with Crippen molar-refractivity contribution in [3.05, 3.63) is 52.2 Å². The highest BCUT2D eigenvalue weighted by atomic mass is 35.5. The molecule has 204 valence electrons. The number of hydrogen-bond acceptors (Lipinski definition) is 8. The van der Waals surface area contributed by atoms with Crippen LogP contribution in [0.3, 0.4) is 0 Å². The number of imidazole rings is 1. The molecule has 11 nitrogen and oxygen atoms in total. The van der Waals surface area contributed by atoms with E-state index in [1.165, 1.54) is 22.7 Å². The minimum Gasteiger partial charge on any atom is -0.372 e. The lowest BCUT2D eigenvalue weighted by Crippen LogP contribution is -2.46. The number of sulfonamides is 1. The number of aryl methyl sites for hydroxylation is 1. The van der Waals surface area contributed by atoms with Gasteiger partial charge >= 0.3 is 15.5 Å². The number of benzene rings is 1. The summed E-state index contributed by atoms with van der Waals surface area (Å²) < 4.78 is 77.5. The van der Waals surface area contributed by atoms with E-state index in [2.05, 4.69) is 25.7 Å². The Morgan fingerprint density at radius 1 is 1.21 bits per heavy atom. The Morgan fingerprint density at radius 3 is 2.53 bits per heavy atom. The van der Waals surface area contributed by atoms with Crippen molar-refractivity contribution in [2.24, 2.45) is 5.10 Å². The standard InChI is InChI=1S/C21H21ClF4N8O3S/c1-3-15-17(33-10-13(22)18(27-2)31-20(33)30-15)19(35)28-9-12-4-5-16(14(23)8-12)34-7-6-32(11-29-34)38(36,37)21(24,25)26/h4-5,8,10-11H,3,6-7,9H2,1-2H3,(H,28,35)(H,27,30,31). The van der Waals surface area contributed by atoms with Gasteiger partial charge in [0.05, 0.1) is 29.5 Å². The number of anilines is 2. The maximum absolute atomic E-state index is 14.8. The van der Waals surface area contributed by atoms with Crippen LogP contribution in [0.2, 0.25) is 5.02 Å². The van der Waals surface area contributed by atoms with E-state index in [-0.39, 0.29) is 39.6 Å². The molecule has 2 N–H and O–H groups in total. The number of aromatic nitrogens is 3. The van der Waals surface area contributed by atoms with Crippen molar-refractivity contribution in [2.75, 3.05) is 30.5 Å². The fourth-order valence-electron chi connectivity index (χ4n) is 3.72. The minimum absolute atomic E-state index is 0.0525. The zero-order chi connectivity index (χ0) is 27.8. The van der Waals surface area contributed by atoms with Gasteiger partial charge in [0.1, 0.15) is 23.7 Å². The maximum atomic E-state index is 14.8. The number of amides is 1. The summed E-state index contributed by atoms with van der Waals surface area (Å²) in [5.41, 5.74) is -4.43. The average molecular weight is 577 g/mol. The Hall–Kier alpha value is -3.66. The molecule has 0 radical (unpaired) electrons. The normalized spacial score (nSPS) is 14.3. The maximum Gasteiger partial charge on any atom is 0.516 e. The molecule has 0 spiro atoms. The smallest absolute Gasteiger partial charge is 0.372 e. The molecule has 0 saturated heterocycles. The quantitative estimate of drug-likeness (QED) is 0.414. The fraction of sp³-hybridized carbons (Fsp3) is 0.333. The number of carbonyl (C=O) groups excluding carboxylic acids is 1. The number of nitrogens with one attached hydrogen (secondary N) is 2. The highest BCUT2D eigenvalue weighted by molar-refractivity contribution is 7.90. The van der Waals surface area contributed by atoms with E-state index in [1.54, 1.807) is 7.05 Å². The predicted octanol–water partition coefficient (Wildman–Crippen LogP) is 2.97. The lowest BCUT2D eigenvalue weighted by molar-refractivity contribution is -0.0471. The lowest BCUT2D eigenvalue weighted by Gasteiger charge is -2.29. The van der Waals surface area contributed by atoms with Crippen molar-refractivity contribution in [3.63, 3.8) is 0 Å². The summed E-state index contributed by atoms with van der Waals surface area (Å²) in [6.45, 7) is 0.895. The van der Waals surface area contributed by atoms with Gasteiger partial charge in [-0.2, -0.15) is 31.7 Å². The third-order valence-corrected chi connectivity index (χ3v) is 7.38. The third kappa shape index (κ3) is 5.05. The van der Waals surface area contributed by atoms with Gasteiger partial charge in [0.15, 0.2) is 0 Å². The zero-order valence-corrected chi connectivity index (χ0v) is 21.5. The molecule has 17 heteroatoms. The summed E-state index contributed by atoms with van der Waals surface area (Å²) in [5.74, 6) is -0.567. The van der Waals surface area contributed by atoms with Crippen LogP contribution in [-0.2, 0) is 23.0 Å². The highest BCUT2D eigenvalue weighted by Crippen LogP contribution is 2.28. The van der Waals surface area contributed by atoms with Gasteiger partial charge < -0.3 is 10.6 Å². The third-order valence-electron chi connectivity index (χ3n) is 5.63. The molecule has 38 heavy (non-hydrogen) atoms. The Balaban J connectivity index is 1.48. The number of rotatable bonds is 7. The van der Waals surface area contributed by atoms with Gasteiger partial charge in [0.25, 0.3) is 5.91 Å². The molecule has 0 aliphatic carbocycles. The molecule has 1 aromatic carbocycles. The molecule has 3 heterocycles. The molecule has 1 aliphatic heterocycles. The van der Waals surface area contributed by atoms with Crippen LogP contribution in [0.4, 0.5) is 29.1 Å². The van der Waals surface area contributed by atoms with Gasteiger partial charge in [-0.15, -0.1) is 0 Å². The van der Waals surface area contributed by atoms with E-state index in [1.807, 2.05) is 6.92 Å². The van der Waals surface area contributed by atoms with Crippen LogP contribution in [0, 0.1) is 5.82 Å². The Kier molecular flexibility index (Phi) is 7.38. The summed E-state index contributed by atoms with van der Waals surface area (Å²) >= 11 is 6.21. The van der Waals surface area contributed by atoms with Crippen LogP contribution in [0.25, 0.3) is 5.78 Å². The van der Waals surface area contributed by atoms with Crippen molar-refractivity contribution < 1.29 is 30.8 Å². The summed E-state index contributed by atoms with van der Waals surface area (Å²) in [7, 11) is -3.93. The average Bonchev–Trinajstić information content (AvgIpc) is 3.23. The highest BCUT2D eigenvalue weighted by Gasteiger charge is 2.50. The van der Waals surface area contributed by atoms with Crippen LogP contribution in [0.15, 0.2) is 29.5 Å². The zero-order valence-electron chi connectivity index (χ0n) is 19.9. The molecular formula is C21H21ClF4N8O3S. The van der Waals surface area contributed by atoms with Gasteiger partial charge in [-0.1, -0.05) is 24.6 Å². The molecular weight excluding hydrogens is 556 g/mol. The van der Waals surface area contributed by atoms with E-state index in [0.29, 0.717) is 29.8 Å². The first-order valence-electron chi connectivity index (χ1n) is 11.1. The van der Waals surface area contributed by atoms with Crippen LogP contribution in [-0.4, -0.2) is 65.0 Å². The largest absolute Gasteiger partial charge is 0.516 e. The van der Waals surface area contributed by atoms with Gasteiger partial charge in [-0.25, -0.2) is 13.7 Å². The number of hydrazone groups is 1. The minimum atomic E-state index is -5.58. The number of carbonyl (C=O) groups is 1. The first-order valence-corrected chi connectivity index (χ1v) is 12.9. The number of halogens is 5. The molecule has 0 fully saturated rings. The van der Waals surface area contributed by atoms with Gasteiger partial charge in [-0.3, -0.25) is 14.2 Å². The molecule has 0 atom stereocenters. The van der Waals surface area contributed by atoms with Gasteiger partial charge in [0.2, 0.25) is 5.78 Å². The van der Waals surface area contributed by atoms with Crippen molar-refractivity contribution in [1.82, 2.24) is 24.0 Å². The first-order chi connectivity index (χ1) is 17.9. The summed E-state index contributed by atoms with van der Waals surface area (Å²) in [6.07, 6.45) is 2.45. The molecule has 4 rings (SSSR count). The molecule has 0 bridgehead atoms. The molecule has 2 aromatic heterocycles. The van der Waals surface area contributed by atoms with E-state index >= 15 is 0 Å². The van der Waals surface area contributed by atoms with E-state index in [9.17, 15) is 30.8 Å². The Labute approximate surface area is 219 Å². The number of alkyl halides is 3. The van der Waals surface area contributed by atoms with E-state index in [4.69, 9.17) is 11.6 Å². The number of nitrogens with zero attached hydrogens (tertiary/aromatic N) is 6. The predicted molar refractivity (Wildman–Crippen MR) is 132 cm³/mol. The van der Waals surface area contributed by atoms with Crippen LogP contribution < -0.4 is 15.6 Å². The second-order valence-corrected chi connectivity index (χ2v) is 10.3. The molecule has 1 aliphatic rings. The monoisotopic (exact) mass is 576 g/mol. The molecule has 3 aromatic rings. The van der Waals surface area contributed by atoms with Gasteiger partial charge in [0, 0.05) is 19.8 Å². The molecule has 0 unspecified atom stereocenters. The Bertz CT molecular complexity index is 1530. The summed E-state index contributed by atoms with van der Waals surface area (Å²) in [5, 5.41) is 10.5. The summed E-state index contributed by atoms with van der Waals surface area (Å²) in [6, 6.07) is 3.97. The van der Waals surface area contributed by atoms with Crippen molar-refractivity contribution in [3.8, 4) is 0 Å². The van der Waals surface area contributed by atoms with E-state index in [0.717, 1.165) is 11.1 Å². The van der Waals surface area contributed by atoms with Crippen molar-refractivity contribution >= 4 is 51.2 Å². The second kappa shape index (κ2) is 10.2. The lowest BCUT2D eigenvalue weighted by atomic mass is 10.1. The fourth-order valence-corrected chi connectivity index (χ4v) is 4.71. The van der Waals surface area contributed by atoms with Crippen molar-refractivity contribution in [2.45, 2.75) is 25.4 Å². The summed E-state index contributed by atoms with van der Waals surface area (Å²) in [4.78, 5) is 21.7. The number of fused-ring (bicyclic) bond motifs is 1. The van der Waals surface area contributed by atoms with Crippen LogP contribution in [0.1, 0.15) is 28.7 Å². The molecule has 1 amide bonds. The first kappa shape index (κ1) is 27.4. The second-order valence-electron chi connectivity index (χ2n) is 8.00. The SMILES string of the molecule is CCc1nc2nc(NC)c(Cl)cn2c1C(=O)NCc1ccc(N2CCN(S(=O)(=O)C(F)(F)F)C=N2)c(F)c1. The molecule has 0 saturated carbocycles. The van der Waals surface area contributed by atoms with Crippen LogP contribution in [0.5, 0.6) is 0 Å². The van der Waals surface area contributed by atoms with Crippen LogP contribution >= 0.6 is 11.6 Å². The topological polar surface area (TPSA) is 124 Å². The van der Waals surface area contributed by atoms with E-state index < -0.39 is 33.8 Å². The number of hydrogen-bond donors (Lipinski definition) is 2.